The van der Waals surface area contributed by atoms with Crippen LogP contribution in [0.2, 0.25) is 10.0 Å². The lowest BCUT2D eigenvalue weighted by atomic mass is 9.94. The van der Waals surface area contributed by atoms with Gasteiger partial charge in [-0.1, -0.05) is 53.5 Å². The maximum Gasteiger partial charge on any atom is 0.325 e. The zero-order valence-corrected chi connectivity index (χ0v) is 39.7. The summed E-state index contributed by atoms with van der Waals surface area (Å²) in [5, 5.41) is 50.9. The lowest BCUT2D eigenvalue weighted by Crippen LogP contribution is -2.41. The molecule has 7 rings (SSSR count). The van der Waals surface area contributed by atoms with Gasteiger partial charge in [-0.2, -0.15) is 15.6 Å². The van der Waals surface area contributed by atoms with Gasteiger partial charge in [0, 0.05) is 83.2 Å². The van der Waals surface area contributed by atoms with Gasteiger partial charge in [0.1, 0.15) is 55.2 Å². The number of carbonyl (C=O) groups excluding carboxylic acids is 1. The van der Waals surface area contributed by atoms with E-state index in [0.717, 1.165) is 49.8 Å². The van der Waals surface area contributed by atoms with E-state index in [1.165, 1.54) is 12.4 Å². The van der Waals surface area contributed by atoms with Crippen LogP contribution in [0.25, 0.3) is 22.0 Å². The first-order valence-electron chi connectivity index (χ1n) is 22.1. The third kappa shape index (κ3) is 12.7. The van der Waals surface area contributed by atoms with Crippen LogP contribution in [0.3, 0.4) is 0 Å². The minimum Gasteiger partial charge on any atom is -0.489 e. The molecule has 0 saturated heterocycles. The van der Waals surface area contributed by atoms with Crippen LogP contribution in [0.4, 0.5) is 0 Å². The van der Waals surface area contributed by atoms with E-state index in [1.807, 2.05) is 48.1 Å². The number of benzene rings is 4. The molecule has 0 aliphatic heterocycles. The highest BCUT2D eigenvalue weighted by atomic mass is 35.5. The van der Waals surface area contributed by atoms with E-state index in [0.29, 0.717) is 69.2 Å². The van der Waals surface area contributed by atoms with Crippen LogP contribution in [0.15, 0.2) is 104 Å². The van der Waals surface area contributed by atoms with Crippen molar-refractivity contribution in [2.45, 2.75) is 72.4 Å². The van der Waals surface area contributed by atoms with Gasteiger partial charge >= 0.3 is 5.97 Å². The fourth-order valence-corrected chi connectivity index (χ4v) is 8.04. The van der Waals surface area contributed by atoms with Gasteiger partial charge in [0.05, 0.1) is 53.7 Å². The zero-order chi connectivity index (χ0) is 48.9. The maximum absolute atomic E-state index is 12.7. The first kappa shape index (κ1) is 49.8. The fourth-order valence-electron chi connectivity index (χ4n) is 7.55. The molecule has 3 heterocycles. The second-order valence-electron chi connectivity index (χ2n) is 16.3. The molecule has 4 aromatic carbocycles. The van der Waals surface area contributed by atoms with E-state index in [1.54, 1.807) is 56.6 Å². The lowest BCUT2D eigenvalue weighted by Gasteiger charge is -2.19. The molecule has 0 spiro atoms. The molecule has 17 heteroatoms. The molecule has 4 N–H and O–H groups in total. The van der Waals surface area contributed by atoms with Crippen molar-refractivity contribution < 1.29 is 34.0 Å². The topological polar surface area (TPSA) is 210 Å². The molecule has 0 bridgehead atoms. The first-order valence-corrected chi connectivity index (χ1v) is 22.8. The average Bonchev–Trinajstić information content (AvgIpc) is 3.77. The van der Waals surface area contributed by atoms with E-state index in [2.05, 4.69) is 44.9 Å². The zero-order valence-electron chi connectivity index (χ0n) is 38.2. The van der Waals surface area contributed by atoms with Crippen molar-refractivity contribution in [1.82, 2.24) is 30.4 Å². The smallest absolute Gasteiger partial charge is 0.325 e. The molecule has 7 aromatic rings. The average molecular weight is 970 g/mol. The number of aromatic nitrogens is 4. The van der Waals surface area contributed by atoms with Crippen molar-refractivity contribution in [2.24, 2.45) is 0 Å². The summed E-state index contributed by atoms with van der Waals surface area (Å²) in [6.07, 6.45) is 7.72. The number of halogens is 2. The summed E-state index contributed by atoms with van der Waals surface area (Å²) in [5.41, 5.74) is 9.15. The quantitative estimate of drug-likeness (QED) is 0.0374. The van der Waals surface area contributed by atoms with Gasteiger partial charge in [-0.25, -0.2) is 0 Å². The first-order chi connectivity index (χ1) is 33.5. The number of ether oxygens (including phenoxy) is 4. The van der Waals surface area contributed by atoms with Gasteiger partial charge in [0.25, 0.3) is 0 Å². The second kappa shape index (κ2) is 23.8. The molecule has 0 saturated carbocycles. The molecule has 1 atom stereocenters. The minimum absolute atomic E-state index is 0.0245. The fraction of sp³-hybridized carbons (Fsp3) is 0.269. The van der Waals surface area contributed by atoms with Gasteiger partial charge in [0.15, 0.2) is 0 Å². The van der Waals surface area contributed by atoms with Gasteiger partial charge < -0.3 is 34.5 Å². The van der Waals surface area contributed by atoms with Crippen molar-refractivity contribution in [3.05, 3.63) is 164 Å². The summed E-state index contributed by atoms with van der Waals surface area (Å²) in [4.78, 5) is 20.9. The molecule has 15 nitrogen and oxygen atoms in total. The van der Waals surface area contributed by atoms with Crippen molar-refractivity contribution in [3.8, 4) is 40.5 Å². The predicted octanol–water partition coefficient (Wildman–Crippen LogP) is 8.12. The molecule has 354 valence electrons. The molecular weight excluding hydrogens is 920 g/mol. The van der Waals surface area contributed by atoms with Gasteiger partial charge in [-0.05, 0) is 85.0 Å². The number of hydrogen-bond donors (Lipinski definition) is 4. The minimum atomic E-state index is -0.974. The Morgan fingerprint density at radius 1 is 0.739 bits per heavy atom. The van der Waals surface area contributed by atoms with Crippen LogP contribution < -0.4 is 24.8 Å². The number of nitrogens with zero attached hydrogens (tertiary/aromatic N) is 6. The molecule has 0 amide bonds. The normalized spacial score (nSPS) is 11.6. The number of fused-ring (bicyclic) bond motifs is 1. The number of hydrogen-bond acceptors (Lipinski definition) is 14. The number of pyridine rings is 2. The van der Waals surface area contributed by atoms with Crippen molar-refractivity contribution in [1.29, 1.82) is 10.5 Å². The third-order valence-corrected chi connectivity index (χ3v) is 11.7. The Bertz CT molecular complexity index is 3020. The van der Waals surface area contributed by atoms with Gasteiger partial charge in [-0.3, -0.25) is 24.8 Å². The summed E-state index contributed by atoms with van der Waals surface area (Å²) >= 11 is 13.8. The molecule has 0 aliphatic rings. The Kier molecular flexibility index (Phi) is 17.2. The van der Waals surface area contributed by atoms with E-state index in [-0.39, 0.29) is 39.1 Å². The molecule has 3 aromatic heterocycles. The Labute approximate surface area is 409 Å². The Morgan fingerprint density at radius 2 is 1.38 bits per heavy atom. The summed E-state index contributed by atoms with van der Waals surface area (Å²) < 4.78 is 26.1. The van der Waals surface area contributed by atoms with Crippen LogP contribution in [-0.2, 0) is 49.0 Å². The van der Waals surface area contributed by atoms with Crippen LogP contribution in [0.1, 0.15) is 63.9 Å². The molecule has 1 unspecified atom stereocenters. The lowest BCUT2D eigenvalue weighted by molar-refractivity contribution is -0.151. The highest BCUT2D eigenvalue weighted by molar-refractivity contribution is 6.32. The SMILES string of the molecule is Cc1c(COc2cc(OCc3cncc(C#N)c3)c(CNCCO)cc2Cl)cccc1-c1cccc2c1cnn2Cc1cc(OCc2cncc(C#N)c2)c(CNC(CO)C(=O)OC(C)C)cc1Cl. The molecule has 0 aliphatic carbocycles. The molecule has 0 fully saturated rings. The highest BCUT2D eigenvalue weighted by Crippen LogP contribution is 2.37. The van der Waals surface area contributed by atoms with E-state index >= 15 is 0 Å². The molecule has 0 radical (unpaired) electrons. The number of nitriles is 2. The van der Waals surface area contributed by atoms with Crippen LogP contribution >= 0.6 is 23.2 Å². The molecule has 69 heavy (non-hydrogen) atoms. The number of esters is 1. The van der Waals surface area contributed by atoms with Crippen LogP contribution in [0, 0.1) is 29.6 Å². The number of rotatable bonds is 22. The summed E-state index contributed by atoms with van der Waals surface area (Å²) in [5.74, 6) is 0.855. The van der Waals surface area contributed by atoms with Crippen molar-refractivity contribution in [2.75, 3.05) is 19.8 Å². The van der Waals surface area contributed by atoms with Gasteiger partial charge in [-0.15, -0.1) is 0 Å². The monoisotopic (exact) mass is 968 g/mol. The van der Waals surface area contributed by atoms with Crippen molar-refractivity contribution in [3.63, 3.8) is 0 Å². The summed E-state index contributed by atoms with van der Waals surface area (Å²) in [7, 11) is 0. The largest absolute Gasteiger partial charge is 0.489 e. The summed E-state index contributed by atoms with van der Waals surface area (Å²) in [6, 6.07) is 25.9. The molecular formula is C52H50Cl2N8O7. The Morgan fingerprint density at radius 3 is 2.04 bits per heavy atom. The highest BCUT2D eigenvalue weighted by Gasteiger charge is 2.22. The number of nitrogens with one attached hydrogen (secondary N) is 2. The van der Waals surface area contributed by atoms with E-state index in [4.69, 9.17) is 47.2 Å². The summed E-state index contributed by atoms with van der Waals surface area (Å²) in [6.45, 7) is 6.70. The van der Waals surface area contributed by atoms with Gasteiger partial charge in [0.2, 0.25) is 0 Å². The second-order valence-corrected chi connectivity index (χ2v) is 17.1. The van der Waals surface area contributed by atoms with E-state index in [9.17, 15) is 25.5 Å². The van der Waals surface area contributed by atoms with Crippen molar-refractivity contribution >= 4 is 40.1 Å². The Hall–Kier alpha value is -7.08. The standard InChI is InChI=1S/C52H50Cl2N8O7/c1-32(2)69-52(65)47(28-64)60-25-40-14-45(53)41(16-49(40)66-29-36-12-34(18-55)20-58-22-36)27-62-48-9-5-8-43(44(48)26-61-62)42-7-4-6-38(33(42)3)31-68-51-17-50(39(15-46(51)54)24-57-10-11-63)67-30-37-13-35(19-56)21-59-23-37/h4-9,12-17,20-23,26,32,47,57,60,63-64H,10-11,24-25,27-31H2,1-3H3. The number of aliphatic hydroxyl groups excluding tert-OH is 2. The number of carbonyl (C=O) groups is 1. The third-order valence-electron chi connectivity index (χ3n) is 11.1. The predicted molar refractivity (Wildman–Crippen MR) is 261 cm³/mol. The van der Waals surface area contributed by atoms with Crippen LogP contribution in [-0.4, -0.2) is 67.8 Å². The number of aliphatic hydroxyl groups is 2. The van der Waals surface area contributed by atoms with E-state index < -0.39 is 18.6 Å². The Balaban J connectivity index is 1.12. The van der Waals surface area contributed by atoms with Crippen LogP contribution in [0.5, 0.6) is 17.2 Å². The maximum atomic E-state index is 12.7.